The van der Waals surface area contributed by atoms with Crippen molar-refractivity contribution in [3.63, 3.8) is 0 Å². The van der Waals surface area contributed by atoms with Crippen LogP contribution in [-0.4, -0.2) is 37.2 Å². The van der Waals surface area contributed by atoms with Gasteiger partial charge in [-0.1, -0.05) is 77.6 Å². The molecule has 1 N–H and O–H groups in total. The van der Waals surface area contributed by atoms with Gasteiger partial charge in [-0.25, -0.2) is 0 Å². The minimum atomic E-state index is -0.446. The van der Waals surface area contributed by atoms with Crippen LogP contribution in [0.4, 0.5) is 0 Å². The van der Waals surface area contributed by atoms with Crippen LogP contribution in [0.1, 0.15) is 130 Å². The van der Waals surface area contributed by atoms with Gasteiger partial charge in [0.2, 0.25) is 5.91 Å². The van der Waals surface area contributed by atoms with E-state index in [-0.39, 0.29) is 23.9 Å². The average Bonchev–Trinajstić information content (AvgIpc) is 3.18. The maximum atomic E-state index is 12.7. The molecule has 1 fully saturated rings. The lowest BCUT2D eigenvalue weighted by Gasteiger charge is -2.20. The minimum absolute atomic E-state index is 0.0457. The van der Waals surface area contributed by atoms with Gasteiger partial charge < -0.3 is 14.8 Å². The van der Waals surface area contributed by atoms with Crippen LogP contribution in [0, 0.1) is 11.8 Å². The fraction of sp³-hybridized carbons (Fsp3) is 0.929. The summed E-state index contributed by atoms with van der Waals surface area (Å²) in [4.78, 5) is 24.7. The van der Waals surface area contributed by atoms with Crippen LogP contribution in [0.25, 0.3) is 0 Å². The Bertz CT molecular complexity index is 528. The van der Waals surface area contributed by atoms with E-state index in [1.807, 2.05) is 20.8 Å². The van der Waals surface area contributed by atoms with Gasteiger partial charge >= 0.3 is 5.97 Å². The summed E-state index contributed by atoms with van der Waals surface area (Å²) in [5.41, 5.74) is -0.446. The Hall–Kier alpha value is -1.10. The summed E-state index contributed by atoms with van der Waals surface area (Å²) in [5, 5.41) is 3.13. The Morgan fingerprint density at radius 3 is 1.91 bits per heavy atom. The fourth-order valence-electron chi connectivity index (χ4n) is 4.90. The first kappa shape index (κ1) is 29.9. The lowest BCUT2D eigenvalue weighted by molar-refractivity contribution is -0.155. The molecule has 1 saturated carbocycles. The van der Waals surface area contributed by atoms with Gasteiger partial charge in [0.1, 0.15) is 5.60 Å². The molecule has 3 atom stereocenters. The van der Waals surface area contributed by atoms with Gasteiger partial charge in [-0.15, -0.1) is 0 Å². The molecule has 1 aliphatic carbocycles. The molecule has 1 amide bonds. The highest BCUT2D eigenvalue weighted by Gasteiger charge is 2.38. The zero-order valence-electron chi connectivity index (χ0n) is 22.4. The van der Waals surface area contributed by atoms with E-state index in [1.54, 1.807) is 7.11 Å². The van der Waals surface area contributed by atoms with Crippen molar-refractivity contribution in [1.82, 2.24) is 5.32 Å². The van der Waals surface area contributed by atoms with Gasteiger partial charge in [0, 0.05) is 20.1 Å². The van der Waals surface area contributed by atoms with Crippen LogP contribution in [0.2, 0.25) is 0 Å². The summed E-state index contributed by atoms with van der Waals surface area (Å²) >= 11 is 0. The number of esters is 1. The van der Waals surface area contributed by atoms with Crippen LogP contribution in [-0.2, 0) is 19.1 Å². The van der Waals surface area contributed by atoms with E-state index in [9.17, 15) is 9.59 Å². The fourth-order valence-corrected chi connectivity index (χ4v) is 4.90. The first-order valence-electron chi connectivity index (χ1n) is 13.8. The van der Waals surface area contributed by atoms with Crippen molar-refractivity contribution >= 4 is 11.9 Å². The normalized spacial score (nSPS) is 20.7. The molecule has 194 valence electrons. The number of nitrogens with one attached hydrogen (secondary N) is 1. The lowest BCUT2D eigenvalue weighted by atomic mass is 9.99. The van der Waals surface area contributed by atoms with E-state index in [4.69, 9.17) is 9.47 Å². The van der Waals surface area contributed by atoms with Crippen molar-refractivity contribution in [2.75, 3.05) is 13.7 Å². The molecule has 1 aliphatic rings. The number of rotatable bonds is 18. The van der Waals surface area contributed by atoms with E-state index < -0.39 is 5.60 Å². The smallest absolute Gasteiger partial charge is 0.306 e. The first-order chi connectivity index (χ1) is 15.8. The predicted octanol–water partition coefficient (Wildman–Crippen LogP) is 6.97. The van der Waals surface area contributed by atoms with Gasteiger partial charge in [-0.2, -0.15) is 0 Å². The summed E-state index contributed by atoms with van der Waals surface area (Å²) < 4.78 is 11.0. The van der Waals surface area contributed by atoms with E-state index >= 15 is 0 Å². The number of methoxy groups -OCH3 is 1. The van der Waals surface area contributed by atoms with E-state index in [2.05, 4.69) is 12.2 Å². The molecule has 0 bridgehead atoms. The number of hydrogen-bond donors (Lipinski definition) is 1. The van der Waals surface area contributed by atoms with Crippen molar-refractivity contribution in [1.29, 1.82) is 0 Å². The molecule has 0 saturated heterocycles. The molecule has 1 rings (SSSR count). The summed E-state index contributed by atoms with van der Waals surface area (Å²) in [6.45, 7) is 8.68. The Balaban J connectivity index is 2.10. The van der Waals surface area contributed by atoms with E-state index in [1.165, 1.54) is 70.6 Å². The third-order valence-electron chi connectivity index (χ3n) is 6.75. The van der Waals surface area contributed by atoms with Crippen LogP contribution >= 0.6 is 0 Å². The molecule has 0 heterocycles. The summed E-state index contributed by atoms with van der Waals surface area (Å²) in [7, 11) is 1.69. The molecule has 33 heavy (non-hydrogen) atoms. The standard InChI is InChI=1S/C28H53NO4/c1-6-7-8-9-10-11-12-13-14-15-16-17-20-29-27(31)24-21-23(22-25(24)32-5)18-19-26(30)33-28(2,3)4/h23-25H,6-22H2,1-5H3,(H,29,31)/t23?,24-,25+/m1/s1. The monoisotopic (exact) mass is 467 g/mol. The third-order valence-corrected chi connectivity index (χ3v) is 6.75. The number of carbonyl (C=O) groups is 2. The largest absolute Gasteiger partial charge is 0.460 e. The predicted molar refractivity (Wildman–Crippen MR) is 136 cm³/mol. The summed E-state index contributed by atoms with van der Waals surface area (Å²) in [5.74, 6) is 0.196. The van der Waals surface area contributed by atoms with Crippen molar-refractivity contribution in [3.8, 4) is 0 Å². The second-order valence-electron chi connectivity index (χ2n) is 11.0. The van der Waals surface area contributed by atoms with Gasteiger partial charge in [-0.05, 0) is 52.4 Å². The first-order valence-corrected chi connectivity index (χ1v) is 13.8. The van der Waals surface area contributed by atoms with E-state index in [0.29, 0.717) is 12.3 Å². The molecule has 0 aromatic rings. The average molecular weight is 468 g/mol. The highest BCUT2D eigenvalue weighted by Crippen LogP contribution is 2.36. The quantitative estimate of drug-likeness (QED) is 0.175. The zero-order valence-corrected chi connectivity index (χ0v) is 22.4. The second-order valence-corrected chi connectivity index (χ2v) is 11.0. The molecule has 0 aromatic heterocycles. The number of hydrogen-bond acceptors (Lipinski definition) is 4. The third kappa shape index (κ3) is 14.7. The van der Waals surface area contributed by atoms with Crippen molar-refractivity contribution in [2.24, 2.45) is 11.8 Å². The molecule has 0 aromatic carbocycles. The molecular weight excluding hydrogens is 414 g/mol. The van der Waals surface area contributed by atoms with Crippen molar-refractivity contribution in [2.45, 2.75) is 142 Å². The number of ether oxygens (including phenoxy) is 2. The van der Waals surface area contributed by atoms with Gasteiger partial charge in [-0.3, -0.25) is 9.59 Å². The van der Waals surface area contributed by atoms with Crippen molar-refractivity contribution in [3.05, 3.63) is 0 Å². The Labute approximate surface area is 204 Å². The molecule has 1 unspecified atom stereocenters. The number of unbranched alkanes of at least 4 members (excludes halogenated alkanes) is 11. The Morgan fingerprint density at radius 1 is 0.848 bits per heavy atom. The molecule has 0 spiro atoms. The van der Waals surface area contributed by atoms with Crippen LogP contribution in [0.3, 0.4) is 0 Å². The SMILES string of the molecule is CCCCCCCCCCCCCCNC(=O)[C@@H]1CC(CCC(=O)OC(C)(C)C)C[C@@H]1OC. The highest BCUT2D eigenvalue weighted by atomic mass is 16.6. The Kier molecular flexibility index (Phi) is 15.7. The maximum Gasteiger partial charge on any atom is 0.306 e. The highest BCUT2D eigenvalue weighted by molar-refractivity contribution is 5.79. The second kappa shape index (κ2) is 17.4. The zero-order chi connectivity index (χ0) is 24.5. The summed E-state index contributed by atoms with van der Waals surface area (Å²) in [6.07, 6.45) is 18.6. The molecule has 5 heteroatoms. The van der Waals surface area contributed by atoms with Gasteiger partial charge in [0.25, 0.3) is 0 Å². The topological polar surface area (TPSA) is 64.6 Å². The molecular formula is C28H53NO4. The lowest BCUT2D eigenvalue weighted by Crippen LogP contribution is -2.36. The number of amides is 1. The molecule has 0 aliphatic heterocycles. The van der Waals surface area contributed by atoms with Crippen molar-refractivity contribution < 1.29 is 19.1 Å². The van der Waals surface area contributed by atoms with Gasteiger partial charge in [0.05, 0.1) is 12.0 Å². The molecule has 5 nitrogen and oxygen atoms in total. The van der Waals surface area contributed by atoms with Crippen LogP contribution in [0.5, 0.6) is 0 Å². The summed E-state index contributed by atoms with van der Waals surface area (Å²) in [6, 6.07) is 0. The van der Waals surface area contributed by atoms with Crippen LogP contribution < -0.4 is 5.32 Å². The Morgan fingerprint density at radius 2 is 1.39 bits per heavy atom. The van der Waals surface area contributed by atoms with Gasteiger partial charge in [0.15, 0.2) is 0 Å². The minimum Gasteiger partial charge on any atom is -0.460 e. The van der Waals surface area contributed by atoms with Crippen LogP contribution in [0.15, 0.2) is 0 Å². The van der Waals surface area contributed by atoms with E-state index in [0.717, 1.165) is 32.2 Å². The molecule has 0 radical (unpaired) electrons. The number of carbonyl (C=O) groups excluding carboxylic acids is 2. The maximum absolute atomic E-state index is 12.7.